The number of nitrogens with one attached hydrogen (secondary N) is 1. The zero-order chi connectivity index (χ0) is 22.9. The zero-order valence-corrected chi connectivity index (χ0v) is 19.6. The molecule has 0 aliphatic heterocycles. The van der Waals surface area contributed by atoms with Crippen LogP contribution in [0.4, 0.5) is 11.4 Å². The Labute approximate surface area is 185 Å². The van der Waals surface area contributed by atoms with Gasteiger partial charge in [-0.15, -0.1) is 0 Å². The predicted molar refractivity (Wildman–Crippen MR) is 125 cm³/mol. The van der Waals surface area contributed by atoms with E-state index < -0.39 is 14.7 Å². The fourth-order valence-corrected chi connectivity index (χ4v) is 5.03. The highest BCUT2D eigenvalue weighted by molar-refractivity contribution is 6.75. The van der Waals surface area contributed by atoms with Gasteiger partial charge in [0.1, 0.15) is 11.6 Å². The maximum atomic E-state index is 12.6. The zero-order valence-electron chi connectivity index (χ0n) is 18.6. The average Bonchev–Trinajstić information content (AvgIpc) is 2.81. The van der Waals surface area contributed by atoms with E-state index in [0.29, 0.717) is 5.69 Å². The van der Waals surface area contributed by atoms with E-state index in [-0.39, 0.29) is 5.57 Å². The molecule has 7 nitrogen and oxygen atoms in total. The van der Waals surface area contributed by atoms with Crippen LogP contribution in [0.2, 0.25) is 0 Å². The summed E-state index contributed by atoms with van der Waals surface area (Å²) in [4.78, 5) is 14.8. The van der Waals surface area contributed by atoms with E-state index in [9.17, 15) is 10.1 Å². The van der Waals surface area contributed by atoms with Crippen LogP contribution in [0.15, 0.2) is 54.1 Å². The summed E-state index contributed by atoms with van der Waals surface area (Å²) in [5.41, 5.74) is 2.47. The van der Waals surface area contributed by atoms with Gasteiger partial charge in [0, 0.05) is 51.0 Å². The Morgan fingerprint density at radius 3 is 2.00 bits per heavy atom. The molecular formula is C23H29N3O4Si. The van der Waals surface area contributed by atoms with E-state index in [0.717, 1.165) is 29.5 Å². The van der Waals surface area contributed by atoms with Crippen molar-refractivity contribution >= 4 is 37.3 Å². The summed E-state index contributed by atoms with van der Waals surface area (Å²) in [6.07, 6.45) is 1.58. The maximum Gasteiger partial charge on any atom is 0.536 e. The molecule has 0 radical (unpaired) electrons. The van der Waals surface area contributed by atoms with Crippen molar-refractivity contribution in [3.05, 3.63) is 59.7 Å². The lowest BCUT2D eigenvalue weighted by molar-refractivity contribution is -0.112. The van der Waals surface area contributed by atoms with Crippen molar-refractivity contribution in [3.8, 4) is 6.07 Å². The Morgan fingerprint density at radius 2 is 1.55 bits per heavy atom. The Balaban J connectivity index is 2.15. The second-order valence-corrected chi connectivity index (χ2v) is 9.55. The predicted octanol–water partition coefficient (Wildman–Crippen LogP) is 3.16. The summed E-state index contributed by atoms with van der Waals surface area (Å²) in [5.74, 6) is -0.475. The molecule has 0 unspecified atom stereocenters. The molecular weight excluding hydrogens is 410 g/mol. The second kappa shape index (κ2) is 11.4. The normalized spacial score (nSPS) is 11.7. The lowest BCUT2D eigenvalue weighted by Crippen LogP contribution is -2.54. The Hall–Kier alpha value is -2.96. The molecule has 31 heavy (non-hydrogen) atoms. The molecule has 1 N–H and O–H groups in total. The van der Waals surface area contributed by atoms with Crippen LogP contribution >= 0.6 is 0 Å². The highest BCUT2D eigenvalue weighted by Crippen LogP contribution is 2.17. The van der Waals surface area contributed by atoms with Crippen LogP contribution in [-0.4, -0.2) is 49.1 Å². The lowest BCUT2D eigenvalue weighted by atomic mass is 10.1. The fourth-order valence-electron chi connectivity index (χ4n) is 3.25. The minimum Gasteiger partial charge on any atom is -0.373 e. The standard InChI is InChI=1S/C23H29N3O4Si/c1-6-26(7-2)21-12-8-18(9-13-21)16-19(17-24)23(27)25-20-10-14-22(15-11-20)31(28-3,29-4)30-5/h8-16H,6-7H2,1-5H3,(H,25,27). The van der Waals surface area contributed by atoms with Gasteiger partial charge in [-0.05, 0) is 49.8 Å². The molecule has 0 saturated carbocycles. The molecule has 164 valence electrons. The third kappa shape index (κ3) is 5.80. The van der Waals surface area contributed by atoms with Gasteiger partial charge in [0.25, 0.3) is 5.91 Å². The van der Waals surface area contributed by atoms with Crippen LogP contribution < -0.4 is 15.4 Å². The van der Waals surface area contributed by atoms with Crippen LogP contribution in [0.3, 0.4) is 0 Å². The van der Waals surface area contributed by atoms with E-state index >= 15 is 0 Å². The third-order valence-corrected chi connectivity index (χ3v) is 7.65. The Morgan fingerprint density at radius 1 is 1.00 bits per heavy atom. The number of benzene rings is 2. The smallest absolute Gasteiger partial charge is 0.373 e. The molecule has 2 aromatic carbocycles. The van der Waals surface area contributed by atoms with Crippen molar-refractivity contribution in [1.29, 1.82) is 5.26 Å². The first kappa shape index (κ1) is 24.3. The molecule has 2 aromatic rings. The molecule has 0 fully saturated rings. The van der Waals surface area contributed by atoms with Crippen molar-refractivity contribution in [1.82, 2.24) is 0 Å². The van der Waals surface area contributed by atoms with Crippen molar-refractivity contribution < 1.29 is 18.1 Å². The monoisotopic (exact) mass is 439 g/mol. The van der Waals surface area contributed by atoms with Crippen LogP contribution in [0.1, 0.15) is 19.4 Å². The summed E-state index contributed by atoms with van der Waals surface area (Å²) in [6.45, 7) is 6.03. The molecule has 0 atom stereocenters. The summed E-state index contributed by atoms with van der Waals surface area (Å²) >= 11 is 0. The molecule has 1 amide bonds. The number of rotatable bonds is 10. The van der Waals surface area contributed by atoms with Gasteiger partial charge in [-0.25, -0.2) is 0 Å². The van der Waals surface area contributed by atoms with Crippen LogP contribution in [-0.2, 0) is 18.1 Å². The van der Waals surface area contributed by atoms with Crippen LogP contribution in [0.5, 0.6) is 0 Å². The van der Waals surface area contributed by atoms with Crippen LogP contribution in [0, 0.1) is 11.3 Å². The van der Waals surface area contributed by atoms with Crippen molar-refractivity contribution in [2.45, 2.75) is 13.8 Å². The SMILES string of the molecule is CCN(CC)c1ccc(C=C(C#N)C(=O)Nc2ccc([Si](OC)(OC)OC)cc2)cc1. The number of hydrogen-bond acceptors (Lipinski definition) is 6. The molecule has 0 heterocycles. The van der Waals surface area contributed by atoms with Crippen molar-refractivity contribution in [2.75, 3.05) is 44.6 Å². The topological polar surface area (TPSA) is 83.8 Å². The minimum atomic E-state index is -2.93. The van der Waals surface area contributed by atoms with Gasteiger partial charge in [-0.1, -0.05) is 24.3 Å². The molecule has 0 aromatic heterocycles. The third-order valence-electron chi connectivity index (χ3n) is 5.00. The average molecular weight is 440 g/mol. The van der Waals surface area contributed by atoms with Gasteiger partial charge < -0.3 is 23.5 Å². The molecule has 0 saturated heterocycles. The summed E-state index contributed by atoms with van der Waals surface area (Å²) < 4.78 is 16.4. The molecule has 0 aliphatic rings. The minimum absolute atomic E-state index is 0.0223. The number of hydrogen-bond donors (Lipinski definition) is 1. The Kier molecular flexibility index (Phi) is 8.97. The van der Waals surface area contributed by atoms with E-state index in [1.165, 1.54) is 21.3 Å². The first-order chi connectivity index (χ1) is 15.0. The highest BCUT2D eigenvalue weighted by Gasteiger charge is 2.40. The largest absolute Gasteiger partial charge is 0.536 e. The second-order valence-electron chi connectivity index (χ2n) is 6.63. The van der Waals surface area contributed by atoms with Crippen LogP contribution in [0.25, 0.3) is 6.08 Å². The van der Waals surface area contributed by atoms with Gasteiger partial charge in [-0.2, -0.15) is 5.26 Å². The first-order valence-corrected chi connectivity index (χ1v) is 11.7. The molecule has 2 rings (SSSR count). The van der Waals surface area contributed by atoms with Gasteiger partial charge in [0.2, 0.25) is 0 Å². The van der Waals surface area contributed by atoms with Gasteiger partial charge in [0.05, 0.1) is 0 Å². The van der Waals surface area contributed by atoms with Gasteiger partial charge in [-0.3, -0.25) is 4.79 Å². The van der Waals surface area contributed by atoms with E-state index in [1.807, 2.05) is 30.3 Å². The molecule has 8 heteroatoms. The summed E-state index contributed by atoms with van der Waals surface area (Å²) in [7, 11) is 1.67. The number of carbonyl (C=O) groups excluding carboxylic acids is 1. The number of nitrogens with zero attached hydrogens (tertiary/aromatic N) is 2. The van der Waals surface area contributed by atoms with Crippen molar-refractivity contribution in [2.24, 2.45) is 0 Å². The Bertz CT molecular complexity index is 921. The van der Waals surface area contributed by atoms with Crippen molar-refractivity contribution in [3.63, 3.8) is 0 Å². The molecule has 0 aliphatic carbocycles. The quantitative estimate of drug-likeness (QED) is 0.348. The lowest BCUT2D eigenvalue weighted by Gasteiger charge is -2.24. The van der Waals surface area contributed by atoms with Gasteiger partial charge >= 0.3 is 8.80 Å². The molecule has 0 bridgehead atoms. The van der Waals surface area contributed by atoms with E-state index in [1.54, 1.807) is 30.3 Å². The molecule has 0 spiro atoms. The van der Waals surface area contributed by atoms with E-state index in [2.05, 4.69) is 24.1 Å². The number of amides is 1. The van der Waals surface area contributed by atoms with Gasteiger partial charge in [0.15, 0.2) is 0 Å². The van der Waals surface area contributed by atoms with E-state index in [4.69, 9.17) is 13.3 Å². The number of anilines is 2. The maximum absolute atomic E-state index is 12.6. The summed E-state index contributed by atoms with van der Waals surface area (Å²) in [6, 6.07) is 16.8. The number of carbonyl (C=O) groups is 1. The highest BCUT2D eigenvalue weighted by atomic mass is 28.4. The summed E-state index contributed by atoms with van der Waals surface area (Å²) in [5, 5.41) is 13.0. The fraction of sp³-hybridized carbons (Fsp3) is 0.304. The first-order valence-electron chi connectivity index (χ1n) is 10.0. The number of nitriles is 1.